The fraction of sp³-hybridized carbons (Fsp3) is 0.500. The van der Waals surface area contributed by atoms with Crippen LogP contribution in [-0.4, -0.2) is 18.0 Å². The third-order valence-corrected chi connectivity index (χ3v) is 0.904. The minimum Gasteiger partial charge on any atom is -0.392 e. The van der Waals surface area contributed by atoms with Crippen LogP contribution in [-0.2, 0) is 14.3 Å². The minimum atomic E-state index is -0.720. The summed E-state index contributed by atoms with van der Waals surface area (Å²) in [7, 11) is 0. The fourth-order valence-corrected chi connectivity index (χ4v) is 0.492. The van der Waals surface area contributed by atoms with Crippen molar-refractivity contribution in [2.45, 2.75) is 12.5 Å². The Bertz CT molecular complexity index is 147. The monoisotopic (exact) mass is 151 g/mol. The van der Waals surface area contributed by atoms with Crippen LogP contribution in [0.2, 0.25) is 0 Å². The summed E-state index contributed by atoms with van der Waals surface area (Å²) < 4.78 is 4.07. The molecule has 0 aliphatic carbocycles. The largest absolute Gasteiger partial charge is 0.392 e. The van der Waals surface area contributed by atoms with Crippen molar-refractivity contribution in [3.8, 4) is 0 Å². The highest BCUT2D eigenvalue weighted by Gasteiger charge is 2.29. The van der Waals surface area contributed by atoms with Gasteiger partial charge in [0.05, 0.1) is 6.42 Å². The molecule has 1 saturated heterocycles. The molecule has 0 saturated carbocycles. The lowest BCUT2D eigenvalue weighted by Crippen LogP contribution is -2.24. The van der Waals surface area contributed by atoms with Crippen molar-refractivity contribution in [1.29, 1.82) is 0 Å². The van der Waals surface area contributed by atoms with E-state index in [0.717, 1.165) is 0 Å². The van der Waals surface area contributed by atoms with Crippen molar-refractivity contribution < 1.29 is 14.3 Å². The topological polar surface area (TPSA) is 69.4 Å². The van der Waals surface area contributed by atoms with Gasteiger partial charge in [0.1, 0.15) is 6.04 Å². The van der Waals surface area contributed by atoms with Gasteiger partial charge >= 0.3 is 11.9 Å². The zero-order chi connectivity index (χ0) is 6.15. The Kier molecular flexibility index (Phi) is 2.61. The lowest BCUT2D eigenvalue weighted by Gasteiger charge is -1.87. The summed E-state index contributed by atoms with van der Waals surface area (Å²) in [6.07, 6.45) is 0.0266. The summed E-state index contributed by atoms with van der Waals surface area (Å²) in [5, 5.41) is 0. The van der Waals surface area contributed by atoms with E-state index >= 15 is 0 Å². The lowest BCUT2D eigenvalue weighted by molar-refractivity contribution is -0.152. The predicted molar refractivity (Wildman–Crippen MR) is 30.9 cm³/mol. The summed E-state index contributed by atoms with van der Waals surface area (Å²) >= 11 is 0. The highest BCUT2D eigenvalue weighted by Crippen LogP contribution is 2.03. The number of ether oxygens (including phenoxy) is 1. The molecule has 1 aliphatic heterocycles. The molecule has 2 N–H and O–H groups in total. The van der Waals surface area contributed by atoms with Crippen LogP contribution in [0, 0.1) is 0 Å². The van der Waals surface area contributed by atoms with E-state index in [1.165, 1.54) is 0 Å². The van der Waals surface area contributed by atoms with Crippen LogP contribution in [0.3, 0.4) is 0 Å². The summed E-state index contributed by atoms with van der Waals surface area (Å²) in [4.78, 5) is 20.4. The van der Waals surface area contributed by atoms with Gasteiger partial charge in [-0.05, 0) is 0 Å². The van der Waals surface area contributed by atoms with Gasteiger partial charge in [0.25, 0.3) is 0 Å². The van der Waals surface area contributed by atoms with Crippen molar-refractivity contribution in [1.82, 2.24) is 0 Å². The second-order valence-electron chi connectivity index (χ2n) is 1.60. The summed E-state index contributed by atoms with van der Waals surface area (Å²) in [6, 6.07) is -0.720. The summed E-state index contributed by atoms with van der Waals surface area (Å²) in [5.41, 5.74) is 5.07. The molecule has 1 heterocycles. The van der Waals surface area contributed by atoms with E-state index in [4.69, 9.17) is 5.73 Å². The van der Waals surface area contributed by atoms with E-state index < -0.39 is 18.0 Å². The van der Waals surface area contributed by atoms with E-state index in [1.54, 1.807) is 0 Å². The molecule has 0 spiro atoms. The van der Waals surface area contributed by atoms with E-state index in [1.807, 2.05) is 0 Å². The Morgan fingerprint density at radius 2 is 2.11 bits per heavy atom. The van der Waals surface area contributed by atoms with E-state index in [2.05, 4.69) is 4.74 Å². The number of carbonyl (C=O) groups is 2. The van der Waals surface area contributed by atoms with Crippen molar-refractivity contribution in [3.05, 3.63) is 0 Å². The highest BCUT2D eigenvalue weighted by molar-refractivity contribution is 5.96. The second-order valence-corrected chi connectivity index (χ2v) is 1.60. The Labute approximate surface area is 57.8 Å². The molecule has 0 unspecified atom stereocenters. The maximum absolute atomic E-state index is 10.2. The number of hydrogen-bond acceptors (Lipinski definition) is 4. The first kappa shape index (κ1) is 8.39. The number of rotatable bonds is 0. The fourth-order valence-electron chi connectivity index (χ4n) is 0.492. The molecule has 0 aromatic carbocycles. The van der Waals surface area contributed by atoms with Gasteiger partial charge in [0.15, 0.2) is 0 Å². The maximum Gasteiger partial charge on any atom is 0.331 e. The molecule has 1 atom stereocenters. The number of hydrogen-bond donors (Lipinski definition) is 1. The zero-order valence-electron chi connectivity index (χ0n) is 4.49. The van der Waals surface area contributed by atoms with Crippen LogP contribution in [0.15, 0.2) is 0 Å². The molecular weight excluding hydrogens is 146 g/mol. The lowest BCUT2D eigenvalue weighted by atomic mass is 10.3. The smallest absolute Gasteiger partial charge is 0.331 e. The van der Waals surface area contributed by atoms with Gasteiger partial charge in [-0.25, -0.2) is 4.79 Å². The Morgan fingerprint density at radius 3 is 2.22 bits per heavy atom. The Hall–Kier alpha value is -0.610. The highest BCUT2D eigenvalue weighted by atomic mass is 35.5. The molecule has 0 aromatic rings. The number of cyclic esters (lactones) is 2. The Balaban J connectivity index is 0.000000640. The molecule has 1 rings (SSSR count). The van der Waals surface area contributed by atoms with Crippen LogP contribution in [0.25, 0.3) is 0 Å². The van der Waals surface area contributed by atoms with Gasteiger partial charge in [-0.3, -0.25) is 4.79 Å². The van der Waals surface area contributed by atoms with Crippen LogP contribution < -0.4 is 5.73 Å². The number of esters is 2. The van der Waals surface area contributed by atoms with Crippen LogP contribution in [0.4, 0.5) is 0 Å². The molecule has 9 heavy (non-hydrogen) atoms. The average Bonchev–Trinajstić information content (AvgIpc) is 1.85. The van der Waals surface area contributed by atoms with Gasteiger partial charge in [-0.15, -0.1) is 12.4 Å². The van der Waals surface area contributed by atoms with Crippen LogP contribution in [0.1, 0.15) is 6.42 Å². The number of halogens is 1. The number of carbonyl (C=O) groups excluding carboxylic acids is 2. The van der Waals surface area contributed by atoms with Crippen molar-refractivity contribution in [3.63, 3.8) is 0 Å². The zero-order valence-corrected chi connectivity index (χ0v) is 5.31. The molecule has 0 amide bonds. The molecule has 52 valence electrons. The predicted octanol–water partition coefficient (Wildman–Crippen LogP) is -0.791. The van der Waals surface area contributed by atoms with E-state index in [-0.39, 0.29) is 18.8 Å². The van der Waals surface area contributed by atoms with Crippen molar-refractivity contribution in [2.24, 2.45) is 5.73 Å². The second kappa shape index (κ2) is 2.80. The van der Waals surface area contributed by atoms with Gasteiger partial charge in [0, 0.05) is 0 Å². The molecule has 5 heteroatoms. The van der Waals surface area contributed by atoms with E-state index in [9.17, 15) is 9.59 Å². The molecule has 4 nitrogen and oxygen atoms in total. The average molecular weight is 152 g/mol. The molecule has 0 aromatic heterocycles. The van der Waals surface area contributed by atoms with Crippen LogP contribution in [0.5, 0.6) is 0 Å². The first-order valence-corrected chi connectivity index (χ1v) is 2.20. The standard InChI is InChI=1S/C4H5NO3.ClH/c5-2-1-3(6)8-4(2)7;/h2H,1,5H2;1H/t2-;/m0./s1. The molecule has 1 aliphatic rings. The van der Waals surface area contributed by atoms with E-state index in [0.29, 0.717) is 0 Å². The van der Waals surface area contributed by atoms with Crippen molar-refractivity contribution >= 4 is 24.3 Å². The third kappa shape index (κ3) is 1.65. The summed E-state index contributed by atoms with van der Waals surface area (Å²) in [5.74, 6) is -1.14. The van der Waals surface area contributed by atoms with Gasteiger partial charge < -0.3 is 10.5 Å². The third-order valence-electron chi connectivity index (χ3n) is 0.904. The number of nitrogens with two attached hydrogens (primary N) is 1. The molecule has 1 fully saturated rings. The maximum atomic E-state index is 10.2. The van der Waals surface area contributed by atoms with Gasteiger partial charge in [-0.1, -0.05) is 0 Å². The molecule has 0 bridgehead atoms. The first-order chi connectivity index (χ1) is 3.70. The van der Waals surface area contributed by atoms with Gasteiger partial charge in [-0.2, -0.15) is 0 Å². The minimum absolute atomic E-state index is 0. The normalized spacial score (nSPS) is 25.2. The quantitative estimate of drug-likeness (QED) is 0.364. The first-order valence-electron chi connectivity index (χ1n) is 2.20. The summed E-state index contributed by atoms with van der Waals surface area (Å²) in [6.45, 7) is 0. The van der Waals surface area contributed by atoms with Crippen LogP contribution >= 0.6 is 12.4 Å². The molecular formula is C4H6ClNO3. The SMILES string of the molecule is Cl.N[C@H]1CC(=O)OC1=O. The Morgan fingerprint density at radius 1 is 1.56 bits per heavy atom. The van der Waals surface area contributed by atoms with Crippen molar-refractivity contribution in [2.75, 3.05) is 0 Å². The molecule has 0 radical (unpaired) electrons. The van der Waals surface area contributed by atoms with Gasteiger partial charge in [0.2, 0.25) is 0 Å².